The van der Waals surface area contributed by atoms with Gasteiger partial charge in [0, 0.05) is 37.2 Å². The first kappa shape index (κ1) is 15.8. The summed E-state index contributed by atoms with van der Waals surface area (Å²) in [5.74, 6) is 0. The summed E-state index contributed by atoms with van der Waals surface area (Å²) in [4.78, 5) is 0. The van der Waals surface area contributed by atoms with Crippen molar-refractivity contribution in [3.8, 4) is 0 Å². The largest absolute Gasteiger partial charge is 1.00 e. The molecule has 0 spiro atoms. The van der Waals surface area contributed by atoms with E-state index in [0.29, 0.717) is 0 Å². The summed E-state index contributed by atoms with van der Waals surface area (Å²) >= 11 is 4.24. The summed E-state index contributed by atoms with van der Waals surface area (Å²) in [6, 6.07) is 0. The van der Waals surface area contributed by atoms with Crippen LogP contribution in [-0.2, 0) is 0 Å². The first-order chi connectivity index (χ1) is 1.00. The van der Waals surface area contributed by atoms with Gasteiger partial charge in [-0.15, -0.1) is 24.0 Å². The van der Waals surface area contributed by atoms with Crippen molar-refractivity contribution in [1.29, 1.82) is 0 Å². The number of hydrogen-bond acceptors (Lipinski definition) is 0. The first-order valence-electron chi connectivity index (χ1n) is 0.143. The Morgan fingerprint density at radius 2 is 1.25 bits per heavy atom. The van der Waals surface area contributed by atoms with Gasteiger partial charge in [-0.1, -0.05) is 0 Å². The summed E-state index contributed by atoms with van der Waals surface area (Å²) < 4.78 is 0. The van der Waals surface area contributed by atoms with E-state index in [2.05, 4.69) is 37.2 Å². The molecular weight excluding hydrogens is 388 g/mol. The van der Waals surface area contributed by atoms with Gasteiger partial charge < -0.3 is 1.43 Å². The molecule has 0 aromatic heterocycles. The molecule has 24 valence electrons. The van der Waals surface area contributed by atoms with Crippen molar-refractivity contribution in [3.05, 3.63) is 0 Å². The zero-order valence-electron chi connectivity index (χ0n) is 3.16. The molecule has 4 heavy (non-hydrogen) atoms. The predicted octanol–water partition coefficient (Wildman–Crippen LogP) is -0.494. The van der Waals surface area contributed by atoms with E-state index in [1.165, 1.54) is 0 Å². The van der Waals surface area contributed by atoms with Crippen LogP contribution in [0.4, 0.5) is 0 Å². The van der Waals surface area contributed by atoms with Crippen LogP contribution in [-0.4, -0.2) is 0 Å². The molecule has 4 heteroatoms. The molecule has 0 amide bonds. The van der Waals surface area contributed by atoms with Crippen LogP contribution in [0.15, 0.2) is 0 Å². The fraction of sp³-hybridized carbons (Fsp3) is 0. The normalized spacial score (nSPS) is 1.50. The quantitative estimate of drug-likeness (QED) is 0.387. The van der Waals surface area contributed by atoms with Crippen LogP contribution in [0.25, 0.3) is 0 Å². The van der Waals surface area contributed by atoms with Crippen LogP contribution in [0.5, 0.6) is 0 Å². The Balaban J connectivity index is -0.00000000167. The predicted molar refractivity (Wildman–Crippen MR) is 44.6 cm³/mol. The standard InChI is InChI=1S/I2.HI.Li.H/c1-2;;;/h;1H;;/q;;+1;-1. The van der Waals surface area contributed by atoms with Crippen molar-refractivity contribution in [2.75, 3.05) is 0 Å². The fourth-order valence-electron chi connectivity index (χ4n) is 0. The van der Waals surface area contributed by atoms with Gasteiger partial charge in [0.05, 0.1) is 0 Å². The molecule has 0 aliphatic heterocycles. The van der Waals surface area contributed by atoms with E-state index in [4.69, 9.17) is 0 Å². The Bertz CT molecular complexity index is 6.85. The van der Waals surface area contributed by atoms with Crippen molar-refractivity contribution >= 4 is 61.2 Å². The first-order valence-corrected chi connectivity index (χ1v) is 6.43. The molecule has 0 rings (SSSR count). The fourth-order valence-corrected chi connectivity index (χ4v) is 0. The molecule has 0 aromatic carbocycles. The van der Waals surface area contributed by atoms with Crippen LogP contribution < -0.4 is 18.9 Å². The van der Waals surface area contributed by atoms with E-state index < -0.39 is 0 Å². The minimum absolute atomic E-state index is 0. The van der Waals surface area contributed by atoms with E-state index >= 15 is 0 Å². The van der Waals surface area contributed by atoms with Crippen molar-refractivity contribution in [1.82, 2.24) is 0 Å². The smallest absolute Gasteiger partial charge is 1.00 e. The van der Waals surface area contributed by atoms with Crippen LogP contribution >= 0.6 is 61.2 Å². The second-order valence-electron chi connectivity index (χ2n) is 0. The molecule has 0 saturated heterocycles. The SMILES string of the molecule is I.II.[H-].[Li+]. The molecule has 0 radical (unpaired) electrons. The van der Waals surface area contributed by atoms with Crippen LogP contribution in [0.2, 0.25) is 0 Å². The summed E-state index contributed by atoms with van der Waals surface area (Å²) in [7, 11) is 0. The van der Waals surface area contributed by atoms with Gasteiger partial charge in [-0.25, -0.2) is 0 Å². The van der Waals surface area contributed by atoms with Crippen molar-refractivity contribution in [3.63, 3.8) is 0 Å². The Kier molecular flexibility index (Phi) is 67.6. The van der Waals surface area contributed by atoms with Gasteiger partial charge in [-0.05, 0) is 0 Å². The van der Waals surface area contributed by atoms with E-state index in [0.717, 1.165) is 0 Å². The summed E-state index contributed by atoms with van der Waals surface area (Å²) in [5.41, 5.74) is 0. The van der Waals surface area contributed by atoms with Gasteiger partial charge in [0.15, 0.2) is 0 Å². The molecule has 0 heterocycles. The Morgan fingerprint density at radius 1 is 1.25 bits per heavy atom. The number of halogens is 3. The van der Waals surface area contributed by atoms with Crippen LogP contribution in [0, 0.1) is 0 Å². The topological polar surface area (TPSA) is 0 Å². The van der Waals surface area contributed by atoms with Gasteiger partial charge in [0.25, 0.3) is 0 Å². The molecule has 0 aliphatic rings. The average Bonchev–Trinajstić information content (AvgIpc) is 1.00. The monoisotopic (exact) mass is 390 g/mol. The Hall–Kier alpha value is 2.79. The molecule has 0 fully saturated rings. The minimum Gasteiger partial charge on any atom is -1.00 e. The van der Waals surface area contributed by atoms with Crippen molar-refractivity contribution < 1.29 is 20.3 Å². The van der Waals surface area contributed by atoms with Gasteiger partial charge in [0.1, 0.15) is 0 Å². The third kappa shape index (κ3) is 8.84. The molecule has 0 saturated carbocycles. The van der Waals surface area contributed by atoms with Crippen molar-refractivity contribution in [2.24, 2.45) is 0 Å². The molecule has 0 N–H and O–H groups in total. The maximum absolute atomic E-state index is 2.12. The summed E-state index contributed by atoms with van der Waals surface area (Å²) in [5, 5.41) is 0. The second kappa shape index (κ2) is 17.1. The van der Waals surface area contributed by atoms with E-state index in [-0.39, 0.29) is 44.3 Å². The molecule has 0 aromatic rings. The Morgan fingerprint density at radius 3 is 1.25 bits per heavy atom. The second-order valence-corrected chi connectivity index (χ2v) is 0. The number of rotatable bonds is 0. The van der Waals surface area contributed by atoms with Crippen molar-refractivity contribution in [2.45, 2.75) is 0 Å². The van der Waals surface area contributed by atoms with Gasteiger partial charge in [0.2, 0.25) is 0 Å². The van der Waals surface area contributed by atoms with Crippen LogP contribution in [0.1, 0.15) is 1.43 Å². The minimum atomic E-state index is 0. The maximum Gasteiger partial charge on any atom is 1.00 e. The summed E-state index contributed by atoms with van der Waals surface area (Å²) in [6.07, 6.45) is 0. The molecule has 0 unspecified atom stereocenters. The van der Waals surface area contributed by atoms with E-state index in [1.807, 2.05) is 0 Å². The van der Waals surface area contributed by atoms with E-state index in [9.17, 15) is 0 Å². The zero-order chi connectivity index (χ0) is 2.00. The number of hydrogen-bond donors (Lipinski definition) is 0. The average molecular weight is 390 g/mol. The maximum atomic E-state index is 2.12. The molecule has 0 aliphatic carbocycles. The molecule has 0 bridgehead atoms. The molecule has 0 nitrogen and oxygen atoms in total. The zero-order valence-corrected chi connectivity index (χ0v) is 8.81. The van der Waals surface area contributed by atoms with Gasteiger partial charge in [-0.2, -0.15) is 0 Å². The molecule has 0 atom stereocenters. The van der Waals surface area contributed by atoms with Crippen LogP contribution in [0.3, 0.4) is 0 Å². The third-order valence-corrected chi connectivity index (χ3v) is 0. The van der Waals surface area contributed by atoms with Gasteiger partial charge in [-0.3, -0.25) is 0 Å². The van der Waals surface area contributed by atoms with E-state index in [1.54, 1.807) is 0 Å². The van der Waals surface area contributed by atoms with Gasteiger partial charge >= 0.3 is 18.9 Å². The molecular formula is H2I3Li. The Labute approximate surface area is 79.9 Å². The summed E-state index contributed by atoms with van der Waals surface area (Å²) in [6.45, 7) is 0. The third-order valence-electron chi connectivity index (χ3n) is 0.